The van der Waals surface area contributed by atoms with Gasteiger partial charge in [0.2, 0.25) is 15.7 Å². The van der Waals surface area contributed by atoms with Gasteiger partial charge in [-0.15, -0.1) is 0 Å². The van der Waals surface area contributed by atoms with Gasteiger partial charge in [0.15, 0.2) is 5.58 Å². The van der Waals surface area contributed by atoms with Gasteiger partial charge in [-0.1, -0.05) is 18.2 Å². The third-order valence-electron chi connectivity index (χ3n) is 3.20. The van der Waals surface area contributed by atoms with E-state index in [1.54, 1.807) is 24.3 Å². The molecule has 1 aromatic heterocycles. The van der Waals surface area contributed by atoms with Gasteiger partial charge in [-0.3, -0.25) is 14.9 Å². The molecule has 10 heteroatoms. The number of sulfone groups is 1. The summed E-state index contributed by atoms with van der Waals surface area (Å²) in [5.74, 6) is -1.76. The molecule has 0 atom stereocenters. The summed E-state index contributed by atoms with van der Waals surface area (Å²) in [7, 11) is -4.09. The highest BCUT2D eigenvalue weighted by atomic mass is 32.2. The third-order valence-corrected chi connectivity index (χ3v) is 4.55. The number of amides is 1. The number of anilines is 1. The van der Waals surface area contributed by atoms with Crippen molar-refractivity contribution in [1.29, 1.82) is 0 Å². The Morgan fingerprint density at radius 3 is 2.68 bits per heavy atom. The predicted octanol–water partition coefficient (Wildman–Crippen LogP) is 2.15. The van der Waals surface area contributed by atoms with Gasteiger partial charge >= 0.3 is 5.22 Å². The molecule has 0 radical (unpaired) electrons. The van der Waals surface area contributed by atoms with E-state index in [4.69, 9.17) is 4.42 Å². The maximum absolute atomic E-state index is 12.3. The Bertz CT molecular complexity index is 1040. The van der Waals surface area contributed by atoms with Gasteiger partial charge in [-0.05, 0) is 18.2 Å². The van der Waals surface area contributed by atoms with Crippen molar-refractivity contribution in [3.8, 4) is 0 Å². The Balaban J connectivity index is 1.77. The summed E-state index contributed by atoms with van der Waals surface area (Å²) in [4.78, 5) is 25.9. The summed E-state index contributed by atoms with van der Waals surface area (Å²) in [6.45, 7) is 0. The van der Waals surface area contributed by atoms with E-state index in [1.807, 2.05) is 0 Å². The highest BCUT2D eigenvalue weighted by Gasteiger charge is 2.25. The van der Waals surface area contributed by atoms with Gasteiger partial charge in [0.05, 0.1) is 4.92 Å². The van der Waals surface area contributed by atoms with Crippen molar-refractivity contribution >= 4 is 38.2 Å². The summed E-state index contributed by atoms with van der Waals surface area (Å²) < 4.78 is 29.7. The van der Waals surface area contributed by atoms with E-state index >= 15 is 0 Å². The van der Waals surface area contributed by atoms with Crippen LogP contribution in [0.1, 0.15) is 0 Å². The minimum Gasteiger partial charge on any atom is -0.428 e. The van der Waals surface area contributed by atoms with Crippen LogP contribution in [0.3, 0.4) is 0 Å². The van der Waals surface area contributed by atoms with E-state index in [-0.39, 0.29) is 11.4 Å². The lowest BCUT2D eigenvalue weighted by atomic mass is 10.3. The molecule has 3 aromatic rings. The maximum Gasteiger partial charge on any atom is 0.316 e. The van der Waals surface area contributed by atoms with Crippen molar-refractivity contribution in [2.75, 3.05) is 11.1 Å². The largest absolute Gasteiger partial charge is 0.428 e. The van der Waals surface area contributed by atoms with Gasteiger partial charge < -0.3 is 9.73 Å². The maximum atomic E-state index is 12.3. The molecule has 0 saturated heterocycles. The average molecular weight is 361 g/mol. The third kappa shape index (κ3) is 3.63. The molecule has 3 rings (SSSR count). The molecule has 0 spiro atoms. The van der Waals surface area contributed by atoms with Crippen LogP contribution in [0, 0.1) is 10.1 Å². The molecule has 25 heavy (non-hydrogen) atoms. The zero-order valence-electron chi connectivity index (χ0n) is 12.6. The number of carbonyl (C=O) groups excluding carboxylic acids is 1. The quantitative estimate of drug-likeness (QED) is 0.544. The molecule has 0 aliphatic heterocycles. The summed E-state index contributed by atoms with van der Waals surface area (Å²) in [6, 6.07) is 11.7. The van der Waals surface area contributed by atoms with Crippen molar-refractivity contribution < 1.29 is 22.6 Å². The summed E-state index contributed by atoms with van der Waals surface area (Å²) in [5.41, 5.74) is 0.548. The van der Waals surface area contributed by atoms with Crippen LogP contribution in [-0.2, 0) is 14.6 Å². The summed E-state index contributed by atoms with van der Waals surface area (Å²) in [6.07, 6.45) is 0. The summed E-state index contributed by atoms with van der Waals surface area (Å²) >= 11 is 0. The van der Waals surface area contributed by atoms with Crippen LogP contribution < -0.4 is 5.32 Å². The standard InChI is InChI=1S/C15H11N3O6S/c19-14(16-10-4-3-5-11(8-10)18(20)21)9-25(22,23)15-17-12-6-1-2-7-13(12)24-15/h1-8H,9H2,(H,16,19). The van der Waals surface area contributed by atoms with Crippen molar-refractivity contribution in [2.45, 2.75) is 5.22 Å². The molecule has 1 heterocycles. The number of nitrogens with zero attached hydrogens (tertiary/aromatic N) is 2. The number of hydrogen-bond acceptors (Lipinski definition) is 7. The number of fused-ring (bicyclic) bond motifs is 1. The monoisotopic (exact) mass is 361 g/mol. The average Bonchev–Trinajstić information content (AvgIpc) is 2.99. The molecular weight excluding hydrogens is 350 g/mol. The highest BCUT2D eigenvalue weighted by molar-refractivity contribution is 7.91. The molecule has 0 bridgehead atoms. The van der Waals surface area contributed by atoms with Crippen molar-refractivity contribution in [1.82, 2.24) is 4.98 Å². The van der Waals surface area contributed by atoms with E-state index in [0.717, 1.165) is 6.07 Å². The van der Waals surface area contributed by atoms with E-state index in [0.29, 0.717) is 11.1 Å². The van der Waals surface area contributed by atoms with E-state index < -0.39 is 31.6 Å². The van der Waals surface area contributed by atoms with Gasteiger partial charge in [0.25, 0.3) is 5.69 Å². The van der Waals surface area contributed by atoms with Gasteiger partial charge in [0, 0.05) is 17.8 Å². The topological polar surface area (TPSA) is 132 Å². The Kier molecular flexibility index (Phi) is 4.19. The number of oxazole rings is 1. The highest BCUT2D eigenvalue weighted by Crippen LogP contribution is 2.20. The predicted molar refractivity (Wildman–Crippen MR) is 87.8 cm³/mol. The lowest BCUT2D eigenvalue weighted by Gasteiger charge is -2.04. The van der Waals surface area contributed by atoms with Gasteiger partial charge in [-0.25, -0.2) is 8.42 Å². The number of rotatable bonds is 5. The molecule has 2 aromatic carbocycles. The first-order valence-corrected chi connectivity index (χ1v) is 8.63. The van der Waals surface area contributed by atoms with Gasteiger partial charge in [0.1, 0.15) is 11.3 Å². The summed E-state index contributed by atoms with van der Waals surface area (Å²) in [5, 5.41) is 12.5. The molecule has 128 valence electrons. The molecule has 0 fully saturated rings. The Morgan fingerprint density at radius 1 is 1.20 bits per heavy atom. The van der Waals surface area contributed by atoms with Crippen LogP contribution in [0.4, 0.5) is 11.4 Å². The van der Waals surface area contributed by atoms with E-state index in [2.05, 4.69) is 10.3 Å². The second-order valence-corrected chi connectivity index (χ2v) is 6.93. The van der Waals surface area contributed by atoms with Gasteiger partial charge in [-0.2, -0.15) is 4.98 Å². The van der Waals surface area contributed by atoms with Crippen LogP contribution in [0.2, 0.25) is 0 Å². The fourth-order valence-electron chi connectivity index (χ4n) is 2.11. The molecule has 9 nitrogen and oxygen atoms in total. The van der Waals surface area contributed by atoms with Crippen molar-refractivity contribution in [3.63, 3.8) is 0 Å². The number of aromatic nitrogens is 1. The number of nitro groups is 1. The van der Waals surface area contributed by atoms with Crippen LogP contribution >= 0.6 is 0 Å². The normalized spacial score (nSPS) is 11.4. The van der Waals surface area contributed by atoms with Crippen molar-refractivity contribution in [2.24, 2.45) is 0 Å². The number of nitrogens with one attached hydrogen (secondary N) is 1. The Hall–Kier alpha value is -3.27. The number of nitro benzene ring substituents is 1. The molecule has 0 unspecified atom stereocenters. The minimum absolute atomic E-state index is 0.118. The van der Waals surface area contributed by atoms with Crippen molar-refractivity contribution in [3.05, 3.63) is 58.6 Å². The van der Waals surface area contributed by atoms with Crippen LogP contribution in [-0.4, -0.2) is 30.0 Å². The number of para-hydroxylation sites is 2. The number of benzene rings is 2. The first kappa shape index (κ1) is 16.6. The second kappa shape index (κ2) is 6.32. The number of carbonyl (C=O) groups is 1. The smallest absolute Gasteiger partial charge is 0.316 e. The Labute approximate surface area is 141 Å². The molecular formula is C15H11N3O6S. The molecule has 0 aliphatic carbocycles. The lowest BCUT2D eigenvalue weighted by molar-refractivity contribution is -0.384. The SMILES string of the molecule is O=C(CS(=O)(=O)c1nc2ccccc2o1)Nc1cccc([N+](=O)[O-])c1. The van der Waals surface area contributed by atoms with Crippen LogP contribution in [0.15, 0.2) is 58.2 Å². The fourth-order valence-corrected chi connectivity index (χ4v) is 3.11. The lowest BCUT2D eigenvalue weighted by Crippen LogP contribution is -2.23. The number of non-ortho nitro benzene ring substituents is 1. The zero-order valence-corrected chi connectivity index (χ0v) is 13.4. The molecule has 1 N–H and O–H groups in total. The minimum atomic E-state index is -4.09. The molecule has 1 amide bonds. The molecule has 0 aliphatic rings. The molecule has 0 saturated carbocycles. The zero-order chi connectivity index (χ0) is 18.0. The Morgan fingerprint density at radius 2 is 1.96 bits per heavy atom. The van der Waals surface area contributed by atoms with E-state index in [9.17, 15) is 23.3 Å². The van der Waals surface area contributed by atoms with Crippen LogP contribution in [0.5, 0.6) is 0 Å². The van der Waals surface area contributed by atoms with E-state index in [1.165, 1.54) is 18.2 Å². The number of hydrogen-bond donors (Lipinski definition) is 1. The van der Waals surface area contributed by atoms with Crippen LogP contribution in [0.25, 0.3) is 11.1 Å². The fraction of sp³-hybridized carbons (Fsp3) is 0.0667. The first-order valence-electron chi connectivity index (χ1n) is 6.98. The first-order chi connectivity index (χ1) is 11.8. The second-order valence-electron chi connectivity index (χ2n) is 5.06.